The molecule has 0 saturated carbocycles. The van der Waals surface area contributed by atoms with Gasteiger partial charge in [-0.3, -0.25) is 0 Å². The lowest BCUT2D eigenvalue weighted by atomic mass is 10.1. The summed E-state index contributed by atoms with van der Waals surface area (Å²) >= 11 is 21.9. The van der Waals surface area contributed by atoms with Crippen LogP contribution in [-0.4, -0.2) is 19.7 Å². The first-order chi connectivity index (χ1) is 11.5. The molecule has 24 heavy (non-hydrogen) atoms. The van der Waals surface area contributed by atoms with Crippen molar-refractivity contribution in [2.75, 3.05) is 0 Å². The number of H-pyrrole nitrogens is 2. The van der Waals surface area contributed by atoms with Crippen LogP contribution in [0, 0.1) is 9.28 Å². The fourth-order valence-electron chi connectivity index (χ4n) is 2.00. The SMILES string of the molecule is CCC(=S)c1cc[nH]c(=S)c1SSc1c(C(=S)CC)cc[nH]c1=S. The fourth-order valence-corrected chi connectivity index (χ4v) is 5.93. The van der Waals surface area contributed by atoms with Gasteiger partial charge in [0.25, 0.3) is 0 Å². The topological polar surface area (TPSA) is 31.6 Å². The van der Waals surface area contributed by atoms with Crippen molar-refractivity contribution in [3.05, 3.63) is 44.9 Å². The summed E-state index contributed by atoms with van der Waals surface area (Å²) in [5, 5.41) is 0. The maximum Gasteiger partial charge on any atom is 0.118 e. The van der Waals surface area contributed by atoms with Gasteiger partial charge in [0.15, 0.2) is 0 Å². The van der Waals surface area contributed by atoms with E-state index in [1.165, 1.54) is 0 Å². The minimum absolute atomic E-state index is 0.686. The van der Waals surface area contributed by atoms with Crippen molar-refractivity contribution in [2.24, 2.45) is 0 Å². The molecule has 0 bridgehead atoms. The summed E-state index contributed by atoms with van der Waals surface area (Å²) in [6.45, 7) is 4.10. The van der Waals surface area contributed by atoms with E-state index < -0.39 is 0 Å². The molecule has 0 spiro atoms. The van der Waals surface area contributed by atoms with Crippen LogP contribution in [0.2, 0.25) is 0 Å². The Morgan fingerprint density at radius 2 is 1.21 bits per heavy atom. The monoisotopic (exact) mass is 428 g/mol. The van der Waals surface area contributed by atoms with Gasteiger partial charge < -0.3 is 9.97 Å². The van der Waals surface area contributed by atoms with E-state index in [-0.39, 0.29) is 0 Å². The van der Waals surface area contributed by atoms with Gasteiger partial charge in [-0.2, -0.15) is 0 Å². The van der Waals surface area contributed by atoms with Crippen LogP contribution in [0.1, 0.15) is 37.8 Å². The molecule has 2 heterocycles. The third kappa shape index (κ3) is 4.62. The van der Waals surface area contributed by atoms with Crippen LogP contribution in [0.4, 0.5) is 0 Å². The van der Waals surface area contributed by atoms with Crippen LogP contribution in [0.3, 0.4) is 0 Å². The largest absolute Gasteiger partial charge is 0.352 e. The molecule has 2 nitrogen and oxygen atoms in total. The fraction of sp³-hybridized carbons (Fsp3) is 0.250. The Morgan fingerprint density at radius 1 is 0.833 bits per heavy atom. The van der Waals surface area contributed by atoms with E-state index in [0.717, 1.165) is 43.5 Å². The molecule has 8 heteroatoms. The van der Waals surface area contributed by atoms with Gasteiger partial charge in [0.1, 0.15) is 9.28 Å². The van der Waals surface area contributed by atoms with Gasteiger partial charge in [-0.15, -0.1) is 0 Å². The van der Waals surface area contributed by atoms with Crippen molar-refractivity contribution in [1.29, 1.82) is 0 Å². The van der Waals surface area contributed by atoms with Gasteiger partial charge in [0.05, 0.1) is 9.79 Å². The van der Waals surface area contributed by atoms with Crippen LogP contribution in [0.5, 0.6) is 0 Å². The normalized spacial score (nSPS) is 10.6. The maximum atomic E-state index is 5.48. The summed E-state index contributed by atoms with van der Waals surface area (Å²) in [6, 6.07) is 3.96. The number of pyridine rings is 2. The summed E-state index contributed by atoms with van der Waals surface area (Å²) in [7, 11) is 3.15. The van der Waals surface area contributed by atoms with Gasteiger partial charge in [0.2, 0.25) is 0 Å². The van der Waals surface area contributed by atoms with Crippen LogP contribution in [0.15, 0.2) is 34.3 Å². The molecule has 2 rings (SSSR count). The molecule has 0 atom stereocenters. The average Bonchev–Trinajstić information content (AvgIpc) is 2.59. The van der Waals surface area contributed by atoms with Crippen LogP contribution in [-0.2, 0) is 0 Å². The highest BCUT2D eigenvalue weighted by atomic mass is 33.1. The molecule has 126 valence electrons. The zero-order chi connectivity index (χ0) is 17.7. The van der Waals surface area contributed by atoms with Gasteiger partial charge in [-0.1, -0.05) is 62.7 Å². The first-order valence-electron chi connectivity index (χ1n) is 7.33. The molecule has 0 saturated heterocycles. The Morgan fingerprint density at radius 3 is 1.54 bits per heavy atom. The summed E-state index contributed by atoms with van der Waals surface area (Å²) < 4.78 is 1.37. The summed E-state index contributed by atoms with van der Waals surface area (Å²) in [5.74, 6) is 0. The minimum atomic E-state index is 0.686. The summed E-state index contributed by atoms with van der Waals surface area (Å²) in [6.07, 6.45) is 5.29. The van der Waals surface area contributed by atoms with Gasteiger partial charge in [-0.05, 0) is 46.6 Å². The molecular formula is C16H16N2S6. The van der Waals surface area contributed by atoms with Crippen molar-refractivity contribution >= 4 is 80.2 Å². The second-order valence-electron chi connectivity index (χ2n) is 4.82. The first-order valence-corrected chi connectivity index (χ1v) is 11.1. The van der Waals surface area contributed by atoms with Crippen LogP contribution < -0.4 is 0 Å². The maximum absolute atomic E-state index is 5.48. The molecular weight excluding hydrogens is 413 g/mol. The van der Waals surface area contributed by atoms with Crippen molar-refractivity contribution < 1.29 is 0 Å². The standard InChI is InChI=1S/C16H16N2S6/c1-3-11(19)9-5-7-17-15(21)13(9)23-24-14-10(12(20)4-2)6-8-18-16(14)22/h5-8H,3-4H2,1-2H3,(H,17,21)(H,18,22). The third-order valence-electron chi connectivity index (χ3n) is 3.28. The molecule has 0 aliphatic heterocycles. The molecule has 0 aliphatic rings. The molecule has 0 radical (unpaired) electrons. The Kier molecular flexibility index (Phi) is 7.77. The van der Waals surface area contributed by atoms with Crippen molar-refractivity contribution in [3.63, 3.8) is 0 Å². The molecule has 2 N–H and O–H groups in total. The zero-order valence-electron chi connectivity index (χ0n) is 13.2. The highest BCUT2D eigenvalue weighted by molar-refractivity contribution is 8.76. The van der Waals surface area contributed by atoms with E-state index in [1.807, 2.05) is 24.5 Å². The lowest BCUT2D eigenvalue weighted by Gasteiger charge is -2.11. The zero-order valence-corrected chi connectivity index (χ0v) is 18.1. The number of rotatable bonds is 7. The molecule has 2 aromatic rings. The van der Waals surface area contributed by atoms with Gasteiger partial charge in [0, 0.05) is 33.2 Å². The number of aromatic nitrogens is 2. The smallest absolute Gasteiger partial charge is 0.118 e. The minimum Gasteiger partial charge on any atom is -0.352 e. The van der Waals surface area contributed by atoms with E-state index in [2.05, 4.69) is 23.8 Å². The van der Waals surface area contributed by atoms with Crippen LogP contribution >= 0.6 is 70.5 Å². The predicted molar refractivity (Wildman–Crippen MR) is 119 cm³/mol. The van der Waals surface area contributed by atoms with Crippen molar-refractivity contribution in [2.45, 2.75) is 36.5 Å². The molecule has 0 aromatic carbocycles. The number of hydrogen-bond acceptors (Lipinski definition) is 6. The number of nitrogens with one attached hydrogen (secondary N) is 2. The highest BCUT2D eigenvalue weighted by Gasteiger charge is 2.14. The van der Waals surface area contributed by atoms with Crippen LogP contribution in [0.25, 0.3) is 0 Å². The lowest BCUT2D eigenvalue weighted by molar-refractivity contribution is 1.18. The quantitative estimate of drug-likeness (QED) is 0.285. The summed E-state index contributed by atoms with van der Waals surface area (Å²) in [4.78, 5) is 9.90. The van der Waals surface area contributed by atoms with E-state index in [1.54, 1.807) is 21.6 Å². The molecule has 0 fully saturated rings. The third-order valence-corrected chi connectivity index (χ3v) is 7.72. The summed E-state index contributed by atoms with van der Waals surface area (Å²) in [5.41, 5.74) is 2.03. The molecule has 0 unspecified atom stereocenters. The Hall–Kier alpha value is -0.380. The Balaban J connectivity index is 2.40. The van der Waals surface area contributed by atoms with E-state index in [0.29, 0.717) is 9.28 Å². The number of hydrogen-bond donors (Lipinski definition) is 2. The highest BCUT2D eigenvalue weighted by Crippen LogP contribution is 2.41. The number of aromatic amines is 2. The lowest BCUT2D eigenvalue weighted by Crippen LogP contribution is -2.00. The Labute approximate surface area is 170 Å². The predicted octanol–water partition coefficient (Wildman–Crippen LogP) is 6.86. The first kappa shape index (κ1) is 19.9. The molecule has 0 amide bonds. The van der Waals surface area contributed by atoms with E-state index in [9.17, 15) is 0 Å². The van der Waals surface area contributed by atoms with Crippen molar-refractivity contribution in [3.8, 4) is 0 Å². The van der Waals surface area contributed by atoms with Gasteiger partial charge >= 0.3 is 0 Å². The average molecular weight is 429 g/mol. The van der Waals surface area contributed by atoms with E-state index >= 15 is 0 Å². The number of thiocarbonyl (C=S) groups is 2. The van der Waals surface area contributed by atoms with E-state index in [4.69, 9.17) is 48.9 Å². The second kappa shape index (κ2) is 9.35. The van der Waals surface area contributed by atoms with Crippen molar-refractivity contribution in [1.82, 2.24) is 9.97 Å². The molecule has 2 aromatic heterocycles. The second-order valence-corrected chi connectivity index (χ2v) is 8.77. The Bertz CT molecular complexity index is 807. The molecule has 0 aliphatic carbocycles. The van der Waals surface area contributed by atoms with Gasteiger partial charge in [-0.25, -0.2) is 0 Å².